The molecule has 25 heavy (non-hydrogen) atoms. The van der Waals surface area contributed by atoms with Crippen molar-refractivity contribution in [3.8, 4) is 17.1 Å². The predicted octanol–water partition coefficient (Wildman–Crippen LogP) is 4.31. The predicted molar refractivity (Wildman–Crippen MR) is 96.5 cm³/mol. The third kappa shape index (κ3) is 4.47. The maximum Gasteiger partial charge on any atom is 0.224 e. The zero-order chi connectivity index (χ0) is 17.5. The number of benzene rings is 2. The molecule has 3 aromatic rings. The summed E-state index contributed by atoms with van der Waals surface area (Å²) in [6, 6.07) is 17.2. The molecule has 0 unspecified atom stereocenters. The van der Waals surface area contributed by atoms with E-state index in [1.165, 1.54) is 0 Å². The first-order chi connectivity index (χ1) is 12.3. The van der Waals surface area contributed by atoms with Gasteiger partial charge in [0, 0.05) is 18.4 Å². The van der Waals surface area contributed by atoms with E-state index in [-0.39, 0.29) is 5.91 Å². The third-order valence-corrected chi connectivity index (χ3v) is 3.79. The van der Waals surface area contributed by atoms with Crippen molar-refractivity contribution in [3.05, 3.63) is 66.7 Å². The summed E-state index contributed by atoms with van der Waals surface area (Å²) < 4.78 is 11.0. The van der Waals surface area contributed by atoms with Gasteiger partial charge in [-0.05, 0) is 18.6 Å². The number of nitrogens with zero attached hydrogens (tertiary/aromatic N) is 1. The summed E-state index contributed by atoms with van der Waals surface area (Å²) >= 11 is 0. The topological polar surface area (TPSA) is 64.4 Å². The summed E-state index contributed by atoms with van der Waals surface area (Å²) in [4.78, 5) is 16.4. The number of methoxy groups -OCH3 is 1. The van der Waals surface area contributed by atoms with Crippen LogP contribution in [-0.4, -0.2) is 18.0 Å². The van der Waals surface area contributed by atoms with Crippen molar-refractivity contribution < 1.29 is 13.9 Å². The summed E-state index contributed by atoms with van der Waals surface area (Å²) in [5.41, 5.74) is 1.67. The van der Waals surface area contributed by atoms with Gasteiger partial charge in [0.2, 0.25) is 5.91 Å². The monoisotopic (exact) mass is 336 g/mol. The van der Waals surface area contributed by atoms with Crippen molar-refractivity contribution in [2.45, 2.75) is 19.3 Å². The van der Waals surface area contributed by atoms with Gasteiger partial charge in [-0.25, -0.2) is 4.98 Å². The van der Waals surface area contributed by atoms with Gasteiger partial charge in [-0.3, -0.25) is 4.79 Å². The number of aryl methyl sites for hydroxylation is 1. The smallest absolute Gasteiger partial charge is 0.224 e. The molecule has 2 aromatic carbocycles. The van der Waals surface area contributed by atoms with Gasteiger partial charge in [-0.15, -0.1) is 0 Å². The maximum absolute atomic E-state index is 12.1. The van der Waals surface area contributed by atoms with Crippen molar-refractivity contribution in [2.75, 3.05) is 12.4 Å². The molecule has 5 nitrogen and oxygen atoms in total. The van der Waals surface area contributed by atoms with Crippen LogP contribution in [0.25, 0.3) is 11.3 Å². The van der Waals surface area contributed by atoms with Gasteiger partial charge in [0.25, 0.3) is 0 Å². The van der Waals surface area contributed by atoms with Crippen molar-refractivity contribution >= 4 is 11.6 Å². The van der Waals surface area contributed by atoms with Crippen molar-refractivity contribution in [1.29, 1.82) is 0 Å². The van der Waals surface area contributed by atoms with Gasteiger partial charge in [0.15, 0.2) is 11.7 Å². The first-order valence-electron chi connectivity index (χ1n) is 8.19. The molecule has 0 atom stereocenters. The van der Waals surface area contributed by atoms with E-state index >= 15 is 0 Å². The van der Waals surface area contributed by atoms with Crippen LogP contribution in [0.15, 0.2) is 65.2 Å². The number of para-hydroxylation sites is 2. The minimum absolute atomic E-state index is 0.0562. The lowest BCUT2D eigenvalue weighted by molar-refractivity contribution is -0.116. The van der Waals surface area contributed by atoms with Crippen LogP contribution in [0.5, 0.6) is 5.75 Å². The van der Waals surface area contributed by atoms with E-state index in [1.54, 1.807) is 13.3 Å². The van der Waals surface area contributed by atoms with Gasteiger partial charge >= 0.3 is 0 Å². The Kier molecular flexibility index (Phi) is 5.46. The maximum atomic E-state index is 12.1. The Morgan fingerprint density at radius 2 is 1.88 bits per heavy atom. The molecule has 5 heteroatoms. The highest BCUT2D eigenvalue weighted by molar-refractivity contribution is 5.92. The molecule has 0 radical (unpaired) electrons. The number of nitrogens with one attached hydrogen (secondary N) is 1. The Morgan fingerprint density at radius 1 is 1.12 bits per heavy atom. The lowest BCUT2D eigenvalue weighted by Gasteiger charge is -2.09. The molecule has 1 N–H and O–H groups in total. The Hall–Kier alpha value is -3.08. The van der Waals surface area contributed by atoms with E-state index in [9.17, 15) is 4.79 Å². The lowest BCUT2D eigenvalue weighted by atomic mass is 10.2. The summed E-state index contributed by atoms with van der Waals surface area (Å²) in [6.45, 7) is 0. The molecule has 0 aliphatic rings. The second-order valence-electron chi connectivity index (χ2n) is 5.59. The number of hydrogen-bond donors (Lipinski definition) is 1. The molecular formula is C20H20N2O3. The summed E-state index contributed by atoms with van der Waals surface area (Å²) in [5.74, 6) is 1.98. The number of hydrogen-bond acceptors (Lipinski definition) is 4. The van der Waals surface area contributed by atoms with Gasteiger partial charge in [-0.1, -0.05) is 42.5 Å². The lowest BCUT2D eigenvalue weighted by Crippen LogP contribution is -2.12. The van der Waals surface area contributed by atoms with E-state index in [2.05, 4.69) is 10.3 Å². The molecule has 0 saturated heterocycles. The van der Waals surface area contributed by atoms with Crippen LogP contribution in [-0.2, 0) is 11.2 Å². The molecular weight excluding hydrogens is 316 g/mol. The number of amides is 1. The van der Waals surface area contributed by atoms with Crippen molar-refractivity contribution in [3.63, 3.8) is 0 Å². The van der Waals surface area contributed by atoms with Crippen molar-refractivity contribution in [2.24, 2.45) is 0 Å². The molecule has 0 bridgehead atoms. The van der Waals surface area contributed by atoms with Crippen LogP contribution in [0.2, 0.25) is 0 Å². The SMILES string of the molecule is COc1ccccc1NC(=O)CCCc1ncc(-c2ccccc2)o1. The molecule has 0 fully saturated rings. The third-order valence-electron chi connectivity index (χ3n) is 3.79. The minimum Gasteiger partial charge on any atom is -0.495 e. The number of ether oxygens (including phenoxy) is 1. The number of aromatic nitrogens is 1. The number of anilines is 1. The molecule has 0 aliphatic carbocycles. The Balaban J connectivity index is 1.50. The van der Waals surface area contributed by atoms with Crippen LogP contribution in [0.4, 0.5) is 5.69 Å². The first kappa shape index (κ1) is 16.8. The molecule has 1 heterocycles. The Bertz CT molecular complexity index is 828. The van der Waals surface area contributed by atoms with Gasteiger partial charge in [-0.2, -0.15) is 0 Å². The number of rotatable bonds is 7. The number of carbonyl (C=O) groups excluding carboxylic acids is 1. The molecule has 1 aromatic heterocycles. The van der Waals surface area contributed by atoms with Crippen LogP contribution in [0.1, 0.15) is 18.7 Å². The Morgan fingerprint density at radius 3 is 2.68 bits per heavy atom. The summed E-state index contributed by atoms with van der Waals surface area (Å²) in [6.07, 6.45) is 3.39. The van der Waals surface area contributed by atoms with E-state index < -0.39 is 0 Å². The molecule has 0 saturated carbocycles. The standard InChI is InChI=1S/C20H20N2O3/c1-24-17-11-6-5-10-16(17)22-19(23)12-7-13-20-21-14-18(25-20)15-8-3-2-4-9-15/h2-6,8-11,14H,7,12-13H2,1H3,(H,22,23). The van der Waals surface area contributed by atoms with Crippen LogP contribution >= 0.6 is 0 Å². The summed E-state index contributed by atoms with van der Waals surface area (Å²) in [5, 5.41) is 2.86. The van der Waals surface area contributed by atoms with E-state index in [1.807, 2.05) is 54.6 Å². The zero-order valence-electron chi connectivity index (χ0n) is 14.1. The molecule has 0 spiro atoms. The fourth-order valence-electron chi connectivity index (χ4n) is 2.52. The second kappa shape index (κ2) is 8.15. The van der Waals surface area contributed by atoms with E-state index in [0.29, 0.717) is 36.6 Å². The van der Waals surface area contributed by atoms with Gasteiger partial charge < -0.3 is 14.5 Å². The molecule has 3 rings (SSSR count). The van der Waals surface area contributed by atoms with Crippen LogP contribution in [0.3, 0.4) is 0 Å². The van der Waals surface area contributed by atoms with Gasteiger partial charge in [0.1, 0.15) is 5.75 Å². The van der Waals surface area contributed by atoms with Crippen LogP contribution < -0.4 is 10.1 Å². The quantitative estimate of drug-likeness (QED) is 0.698. The second-order valence-corrected chi connectivity index (χ2v) is 5.59. The molecule has 128 valence electrons. The zero-order valence-corrected chi connectivity index (χ0v) is 14.1. The highest BCUT2D eigenvalue weighted by atomic mass is 16.5. The van der Waals surface area contributed by atoms with Crippen molar-refractivity contribution in [1.82, 2.24) is 4.98 Å². The largest absolute Gasteiger partial charge is 0.495 e. The average molecular weight is 336 g/mol. The highest BCUT2D eigenvalue weighted by Gasteiger charge is 2.09. The number of carbonyl (C=O) groups is 1. The fraction of sp³-hybridized carbons (Fsp3) is 0.200. The molecule has 1 amide bonds. The first-order valence-corrected chi connectivity index (χ1v) is 8.19. The van der Waals surface area contributed by atoms with Crippen LogP contribution in [0, 0.1) is 0 Å². The normalized spacial score (nSPS) is 10.4. The fourth-order valence-corrected chi connectivity index (χ4v) is 2.52. The average Bonchev–Trinajstić information content (AvgIpc) is 3.12. The highest BCUT2D eigenvalue weighted by Crippen LogP contribution is 2.23. The van der Waals surface area contributed by atoms with E-state index in [4.69, 9.17) is 9.15 Å². The molecule has 0 aliphatic heterocycles. The Labute approximate surface area is 146 Å². The minimum atomic E-state index is -0.0562. The van der Waals surface area contributed by atoms with Gasteiger partial charge in [0.05, 0.1) is 19.0 Å². The van der Waals surface area contributed by atoms with E-state index in [0.717, 1.165) is 11.3 Å². The summed E-state index contributed by atoms with van der Waals surface area (Å²) in [7, 11) is 1.58. The number of oxazole rings is 1.